The summed E-state index contributed by atoms with van der Waals surface area (Å²) < 4.78 is 5.93. The quantitative estimate of drug-likeness (QED) is 0.672. The molecule has 0 fully saturated rings. The largest absolute Gasteiger partial charge is 0.489 e. The zero-order chi connectivity index (χ0) is 20.3. The predicted molar refractivity (Wildman–Crippen MR) is 116 cm³/mol. The van der Waals surface area contributed by atoms with E-state index >= 15 is 0 Å². The molecule has 2 aromatic rings. The van der Waals surface area contributed by atoms with Crippen molar-refractivity contribution in [3.8, 4) is 11.8 Å². The van der Waals surface area contributed by atoms with Gasteiger partial charge in [-0.25, -0.2) is 0 Å². The molecule has 0 saturated carbocycles. The van der Waals surface area contributed by atoms with Crippen molar-refractivity contribution >= 4 is 28.9 Å². The normalized spacial score (nSPS) is 16.8. The number of halogens is 1. The molecule has 0 spiro atoms. The standard InChI is InChI=1S/C22H22ClN3OS/c1-22(2,3)20-18(12-24)19(25-21(28)26-20)15-5-4-6-17(11-15)27-13-14-7-9-16(23)10-8-14/h4-11,19H,13H2,1-3H3,(H2,25,26,28)/t19-/m0/s1. The molecule has 1 aliphatic heterocycles. The van der Waals surface area contributed by atoms with E-state index in [-0.39, 0.29) is 11.5 Å². The van der Waals surface area contributed by atoms with Gasteiger partial charge in [0, 0.05) is 16.1 Å². The summed E-state index contributed by atoms with van der Waals surface area (Å²) in [4.78, 5) is 0. The number of thiocarbonyl (C=S) groups is 1. The van der Waals surface area contributed by atoms with Crippen LogP contribution in [-0.2, 0) is 6.61 Å². The van der Waals surface area contributed by atoms with Crippen molar-refractivity contribution in [1.29, 1.82) is 5.26 Å². The van der Waals surface area contributed by atoms with E-state index in [9.17, 15) is 5.26 Å². The number of hydrogen-bond acceptors (Lipinski definition) is 3. The second kappa shape index (κ2) is 8.22. The van der Waals surface area contributed by atoms with Crippen molar-refractivity contribution in [2.45, 2.75) is 33.4 Å². The molecular weight excluding hydrogens is 390 g/mol. The molecule has 0 aliphatic carbocycles. The van der Waals surface area contributed by atoms with Gasteiger partial charge in [0.1, 0.15) is 12.4 Å². The number of rotatable bonds is 4. The van der Waals surface area contributed by atoms with Gasteiger partial charge in [0.25, 0.3) is 0 Å². The summed E-state index contributed by atoms with van der Waals surface area (Å²) in [5.74, 6) is 0.730. The molecule has 28 heavy (non-hydrogen) atoms. The van der Waals surface area contributed by atoms with Crippen molar-refractivity contribution in [3.05, 3.63) is 76.0 Å². The Hall–Kier alpha value is -2.55. The van der Waals surface area contributed by atoms with Crippen LogP contribution in [0.3, 0.4) is 0 Å². The van der Waals surface area contributed by atoms with E-state index in [1.807, 2.05) is 48.5 Å². The minimum Gasteiger partial charge on any atom is -0.489 e. The molecule has 1 aliphatic rings. The molecule has 1 heterocycles. The maximum absolute atomic E-state index is 9.81. The summed E-state index contributed by atoms with van der Waals surface area (Å²) in [7, 11) is 0. The second-order valence-corrected chi connectivity index (χ2v) is 8.51. The first-order valence-corrected chi connectivity index (χ1v) is 9.76. The molecule has 1 atom stereocenters. The topological polar surface area (TPSA) is 57.1 Å². The minimum atomic E-state index is -0.313. The summed E-state index contributed by atoms with van der Waals surface area (Å²) in [5, 5.41) is 17.4. The van der Waals surface area contributed by atoms with Gasteiger partial charge >= 0.3 is 0 Å². The van der Waals surface area contributed by atoms with Crippen LogP contribution in [0.4, 0.5) is 0 Å². The van der Waals surface area contributed by atoms with Gasteiger partial charge in [-0.05, 0) is 47.6 Å². The van der Waals surface area contributed by atoms with E-state index < -0.39 is 0 Å². The van der Waals surface area contributed by atoms with Crippen molar-refractivity contribution in [2.24, 2.45) is 5.41 Å². The van der Waals surface area contributed by atoms with E-state index in [1.165, 1.54) is 0 Å². The van der Waals surface area contributed by atoms with E-state index in [0.717, 1.165) is 22.6 Å². The van der Waals surface area contributed by atoms with Crippen LogP contribution in [0.2, 0.25) is 5.02 Å². The lowest BCUT2D eigenvalue weighted by Gasteiger charge is -2.35. The maximum Gasteiger partial charge on any atom is 0.171 e. The van der Waals surface area contributed by atoms with Crippen LogP contribution in [-0.4, -0.2) is 5.11 Å². The molecule has 4 nitrogen and oxygen atoms in total. The van der Waals surface area contributed by atoms with Crippen LogP contribution in [0.1, 0.15) is 37.9 Å². The number of benzene rings is 2. The highest BCUT2D eigenvalue weighted by atomic mass is 35.5. The van der Waals surface area contributed by atoms with Crippen molar-refractivity contribution < 1.29 is 4.74 Å². The summed E-state index contributed by atoms with van der Waals surface area (Å²) in [6.45, 7) is 6.61. The highest BCUT2D eigenvalue weighted by Crippen LogP contribution is 2.35. The molecule has 0 radical (unpaired) electrons. The number of nitrogens with zero attached hydrogens (tertiary/aromatic N) is 1. The first kappa shape index (κ1) is 20.2. The average molecular weight is 412 g/mol. The zero-order valence-corrected chi connectivity index (χ0v) is 17.6. The second-order valence-electron chi connectivity index (χ2n) is 7.67. The first-order chi connectivity index (χ1) is 13.3. The van der Waals surface area contributed by atoms with Crippen molar-refractivity contribution in [2.75, 3.05) is 0 Å². The first-order valence-electron chi connectivity index (χ1n) is 8.97. The molecule has 0 saturated heterocycles. The molecule has 2 N–H and O–H groups in total. The lowest BCUT2D eigenvalue weighted by molar-refractivity contribution is 0.305. The summed E-state index contributed by atoms with van der Waals surface area (Å²) in [5.41, 5.74) is 3.21. The van der Waals surface area contributed by atoms with Gasteiger partial charge in [-0.3, -0.25) is 0 Å². The molecule has 2 aromatic carbocycles. The van der Waals surface area contributed by atoms with Crippen molar-refractivity contribution in [1.82, 2.24) is 10.6 Å². The fourth-order valence-electron chi connectivity index (χ4n) is 3.06. The number of nitriles is 1. The molecule has 144 valence electrons. The lowest BCUT2D eigenvalue weighted by Crippen LogP contribution is -2.46. The van der Waals surface area contributed by atoms with Gasteiger partial charge in [0.2, 0.25) is 0 Å². The van der Waals surface area contributed by atoms with Gasteiger partial charge in [-0.1, -0.05) is 56.6 Å². The summed E-state index contributed by atoms with van der Waals surface area (Å²) in [6, 6.07) is 17.3. The number of hydrogen-bond donors (Lipinski definition) is 2. The Morgan fingerprint density at radius 3 is 2.54 bits per heavy atom. The Balaban J connectivity index is 1.87. The number of ether oxygens (including phenoxy) is 1. The zero-order valence-electron chi connectivity index (χ0n) is 16.0. The van der Waals surface area contributed by atoms with Gasteiger partial charge in [0.05, 0.1) is 17.7 Å². The Bertz CT molecular complexity index is 955. The Morgan fingerprint density at radius 2 is 1.89 bits per heavy atom. The van der Waals surface area contributed by atoms with Crippen LogP contribution in [0.5, 0.6) is 5.75 Å². The average Bonchev–Trinajstić information content (AvgIpc) is 2.66. The number of nitrogens with one attached hydrogen (secondary N) is 2. The molecule has 0 unspecified atom stereocenters. The van der Waals surface area contributed by atoms with Crippen LogP contribution in [0, 0.1) is 16.7 Å². The van der Waals surface area contributed by atoms with Gasteiger partial charge in [0.15, 0.2) is 5.11 Å². The maximum atomic E-state index is 9.81. The van der Waals surface area contributed by atoms with E-state index in [1.54, 1.807) is 0 Å². The summed E-state index contributed by atoms with van der Waals surface area (Å²) >= 11 is 11.3. The predicted octanol–water partition coefficient (Wildman–Crippen LogP) is 5.26. The highest BCUT2D eigenvalue weighted by Gasteiger charge is 2.32. The summed E-state index contributed by atoms with van der Waals surface area (Å²) in [6.07, 6.45) is 0. The third-order valence-corrected chi connectivity index (χ3v) is 4.92. The third-order valence-electron chi connectivity index (χ3n) is 4.45. The molecule has 0 bridgehead atoms. The fraction of sp³-hybridized carbons (Fsp3) is 0.273. The Labute approximate surface area is 176 Å². The smallest absolute Gasteiger partial charge is 0.171 e. The Kier molecular flexibility index (Phi) is 5.93. The van der Waals surface area contributed by atoms with Crippen LogP contribution in [0.15, 0.2) is 59.8 Å². The van der Waals surface area contributed by atoms with E-state index in [0.29, 0.717) is 22.3 Å². The SMILES string of the molecule is CC(C)(C)C1=C(C#N)[C@H](c2cccc(OCc3ccc(Cl)cc3)c2)NC(=S)N1. The van der Waals surface area contributed by atoms with Crippen LogP contribution < -0.4 is 15.4 Å². The molecular formula is C22H22ClN3OS. The van der Waals surface area contributed by atoms with Gasteiger partial charge in [-0.15, -0.1) is 0 Å². The van der Waals surface area contributed by atoms with E-state index in [2.05, 4.69) is 37.5 Å². The third kappa shape index (κ3) is 4.64. The fourth-order valence-corrected chi connectivity index (χ4v) is 3.40. The van der Waals surface area contributed by atoms with Gasteiger partial charge in [-0.2, -0.15) is 5.26 Å². The molecule has 3 rings (SSSR count). The molecule has 0 amide bonds. The lowest BCUT2D eigenvalue weighted by atomic mass is 9.84. The minimum absolute atomic E-state index is 0.224. The van der Waals surface area contributed by atoms with Crippen molar-refractivity contribution in [3.63, 3.8) is 0 Å². The Morgan fingerprint density at radius 1 is 1.18 bits per heavy atom. The van der Waals surface area contributed by atoms with E-state index in [4.69, 9.17) is 28.6 Å². The highest BCUT2D eigenvalue weighted by molar-refractivity contribution is 7.80. The van der Waals surface area contributed by atoms with Crippen LogP contribution >= 0.6 is 23.8 Å². The van der Waals surface area contributed by atoms with Gasteiger partial charge < -0.3 is 15.4 Å². The number of allylic oxidation sites excluding steroid dienone is 1. The molecule has 6 heteroatoms. The molecule has 0 aromatic heterocycles. The monoisotopic (exact) mass is 411 g/mol. The van der Waals surface area contributed by atoms with Crippen LogP contribution in [0.25, 0.3) is 0 Å².